The predicted octanol–water partition coefficient (Wildman–Crippen LogP) is 4.32. The molecule has 0 bridgehead atoms. The van der Waals surface area contributed by atoms with Crippen LogP contribution in [-0.2, 0) is 4.74 Å². The quantitative estimate of drug-likeness (QED) is 0.847. The van der Waals surface area contributed by atoms with Crippen LogP contribution in [0.4, 0.5) is 4.79 Å². The summed E-state index contributed by atoms with van der Waals surface area (Å²) in [6.45, 7) is 9.75. The molecule has 1 N–H and O–H groups in total. The summed E-state index contributed by atoms with van der Waals surface area (Å²) in [6, 6.07) is 5.36. The lowest BCUT2D eigenvalue weighted by Crippen LogP contribution is -2.35. The standard InChI is InChI=1S/C18H29NO4/c1-12(2)10-15(19-17(20)23-18(3,4)5)14-11-13(21-6)8-9-16(14)22-7/h8-9,11-12,15H,10H2,1-7H3,(H,19,20)/t15-/m1/s1. The topological polar surface area (TPSA) is 56.8 Å². The molecule has 0 aliphatic heterocycles. The minimum atomic E-state index is -0.537. The number of hydrogen-bond acceptors (Lipinski definition) is 4. The van der Waals surface area contributed by atoms with Gasteiger partial charge in [-0.25, -0.2) is 4.79 Å². The molecule has 0 aromatic heterocycles. The van der Waals surface area contributed by atoms with Gasteiger partial charge in [0.2, 0.25) is 0 Å². The molecule has 1 aromatic carbocycles. The fraction of sp³-hybridized carbons (Fsp3) is 0.611. The van der Waals surface area contributed by atoms with Crippen molar-refractivity contribution in [3.8, 4) is 11.5 Å². The first-order chi connectivity index (χ1) is 10.7. The number of benzene rings is 1. The molecule has 130 valence electrons. The number of methoxy groups -OCH3 is 2. The first kappa shape index (κ1) is 19.1. The minimum absolute atomic E-state index is 0.213. The Hall–Kier alpha value is -1.91. The first-order valence-electron chi connectivity index (χ1n) is 7.87. The Labute approximate surface area is 139 Å². The van der Waals surface area contributed by atoms with Crippen molar-refractivity contribution < 1.29 is 19.0 Å². The highest BCUT2D eigenvalue weighted by atomic mass is 16.6. The second-order valence-electron chi connectivity index (χ2n) is 6.94. The van der Waals surface area contributed by atoms with E-state index in [0.717, 1.165) is 17.7 Å². The molecule has 0 unspecified atom stereocenters. The highest BCUT2D eigenvalue weighted by molar-refractivity contribution is 5.68. The lowest BCUT2D eigenvalue weighted by Gasteiger charge is -2.26. The van der Waals surface area contributed by atoms with Crippen LogP contribution in [0.2, 0.25) is 0 Å². The normalized spacial score (nSPS) is 12.7. The predicted molar refractivity (Wildman–Crippen MR) is 91.1 cm³/mol. The number of carbonyl (C=O) groups is 1. The minimum Gasteiger partial charge on any atom is -0.497 e. The highest BCUT2D eigenvalue weighted by Gasteiger charge is 2.24. The Morgan fingerprint density at radius 1 is 1.17 bits per heavy atom. The van der Waals surface area contributed by atoms with Crippen molar-refractivity contribution in [2.24, 2.45) is 5.92 Å². The van der Waals surface area contributed by atoms with Gasteiger partial charge in [0.25, 0.3) is 0 Å². The number of amides is 1. The number of carbonyl (C=O) groups excluding carboxylic acids is 1. The zero-order valence-corrected chi connectivity index (χ0v) is 15.2. The molecule has 0 saturated carbocycles. The SMILES string of the molecule is COc1ccc(OC)c([C@@H](CC(C)C)NC(=O)OC(C)(C)C)c1. The van der Waals surface area contributed by atoms with E-state index in [1.165, 1.54) is 0 Å². The Morgan fingerprint density at radius 2 is 1.83 bits per heavy atom. The molecule has 0 saturated heterocycles. The second-order valence-corrected chi connectivity index (χ2v) is 6.94. The molecule has 1 atom stereocenters. The molecule has 5 nitrogen and oxygen atoms in total. The van der Waals surface area contributed by atoms with Crippen molar-refractivity contribution in [1.82, 2.24) is 5.32 Å². The van der Waals surface area contributed by atoms with Crippen LogP contribution >= 0.6 is 0 Å². The summed E-state index contributed by atoms with van der Waals surface area (Å²) < 4.78 is 16.1. The summed E-state index contributed by atoms with van der Waals surface area (Å²) in [4.78, 5) is 12.2. The number of nitrogens with one attached hydrogen (secondary N) is 1. The zero-order valence-electron chi connectivity index (χ0n) is 15.2. The maximum Gasteiger partial charge on any atom is 0.408 e. The molecule has 5 heteroatoms. The van der Waals surface area contributed by atoms with Crippen LogP contribution in [0.1, 0.15) is 52.6 Å². The summed E-state index contributed by atoms with van der Waals surface area (Å²) >= 11 is 0. The van der Waals surface area contributed by atoms with E-state index in [1.54, 1.807) is 14.2 Å². The van der Waals surface area contributed by atoms with Crippen molar-refractivity contribution in [2.75, 3.05) is 14.2 Å². The Balaban J connectivity index is 3.08. The smallest absolute Gasteiger partial charge is 0.408 e. The summed E-state index contributed by atoms with van der Waals surface area (Å²) in [7, 11) is 3.23. The lowest BCUT2D eigenvalue weighted by atomic mass is 9.96. The summed E-state index contributed by atoms with van der Waals surface area (Å²) in [5, 5.41) is 2.95. The van der Waals surface area contributed by atoms with Gasteiger partial charge in [0, 0.05) is 5.56 Å². The number of hydrogen-bond donors (Lipinski definition) is 1. The summed E-state index contributed by atoms with van der Waals surface area (Å²) in [5.41, 5.74) is 0.344. The van der Waals surface area contributed by atoms with Crippen molar-refractivity contribution in [1.29, 1.82) is 0 Å². The lowest BCUT2D eigenvalue weighted by molar-refractivity contribution is 0.0497. The van der Waals surface area contributed by atoms with Gasteiger partial charge in [-0.2, -0.15) is 0 Å². The molecule has 0 fully saturated rings. The van der Waals surface area contributed by atoms with Gasteiger partial charge in [0.05, 0.1) is 20.3 Å². The monoisotopic (exact) mass is 323 g/mol. The van der Waals surface area contributed by atoms with E-state index in [-0.39, 0.29) is 6.04 Å². The average Bonchev–Trinajstić information content (AvgIpc) is 2.43. The third-order valence-electron chi connectivity index (χ3n) is 3.21. The van der Waals surface area contributed by atoms with E-state index in [0.29, 0.717) is 11.7 Å². The fourth-order valence-electron chi connectivity index (χ4n) is 2.30. The van der Waals surface area contributed by atoms with Crippen molar-refractivity contribution in [2.45, 2.75) is 52.7 Å². The second kappa shape index (κ2) is 8.09. The highest BCUT2D eigenvalue weighted by Crippen LogP contribution is 2.33. The Bertz CT molecular complexity index is 520. The molecule has 0 heterocycles. The zero-order chi connectivity index (χ0) is 17.6. The van der Waals surface area contributed by atoms with E-state index in [1.807, 2.05) is 39.0 Å². The number of ether oxygens (including phenoxy) is 3. The van der Waals surface area contributed by atoms with Crippen molar-refractivity contribution >= 4 is 6.09 Å². The van der Waals surface area contributed by atoms with Gasteiger partial charge in [-0.1, -0.05) is 13.8 Å². The summed E-state index contributed by atoms with van der Waals surface area (Å²) in [6.07, 6.45) is 0.330. The van der Waals surface area contributed by atoms with Crippen molar-refractivity contribution in [3.05, 3.63) is 23.8 Å². The molecule has 0 aliphatic carbocycles. The molecular formula is C18H29NO4. The molecule has 1 rings (SSSR count). The summed E-state index contributed by atoms with van der Waals surface area (Å²) in [5.74, 6) is 1.83. The van der Waals surface area contributed by atoms with Gasteiger partial charge in [-0.15, -0.1) is 0 Å². The van der Waals surface area contributed by atoms with E-state index in [9.17, 15) is 4.79 Å². The van der Waals surface area contributed by atoms with Gasteiger partial charge in [0.1, 0.15) is 17.1 Å². The van der Waals surface area contributed by atoms with E-state index >= 15 is 0 Å². The van der Waals surface area contributed by atoms with E-state index in [4.69, 9.17) is 14.2 Å². The molecule has 0 radical (unpaired) electrons. The molecular weight excluding hydrogens is 294 g/mol. The van der Waals surface area contributed by atoms with Crippen LogP contribution in [0.3, 0.4) is 0 Å². The van der Waals surface area contributed by atoms with Crippen LogP contribution in [0.5, 0.6) is 11.5 Å². The van der Waals surface area contributed by atoms with Crippen LogP contribution in [0.25, 0.3) is 0 Å². The van der Waals surface area contributed by atoms with Crippen LogP contribution in [0.15, 0.2) is 18.2 Å². The van der Waals surface area contributed by atoms with Crippen LogP contribution in [0, 0.1) is 5.92 Å². The van der Waals surface area contributed by atoms with Gasteiger partial charge >= 0.3 is 6.09 Å². The van der Waals surface area contributed by atoms with Crippen molar-refractivity contribution in [3.63, 3.8) is 0 Å². The van der Waals surface area contributed by atoms with Gasteiger partial charge in [-0.05, 0) is 51.3 Å². The molecule has 1 amide bonds. The maximum absolute atomic E-state index is 12.2. The Morgan fingerprint density at radius 3 is 2.30 bits per heavy atom. The maximum atomic E-state index is 12.2. The largest absolute Gasteiger partial charge is 0.497 e. The third kappa shape index (κ3) is 6.38. The number of alkyl carbamates (subject to hydrolysis) is 1. The van der Waals surface area contributed by atoms with Gasteiger partial charge in [-0.3, -0.25) is 0 Å². The first-order valence-corrected chi connectivity index (χ1v) is 7.87. The van der Waals surface area contributed by atoms with E-state index < -0.39 is 11.7 Å². The Kier molecular flexibility index (Phi) is 6.73. The fourth-order valence-corrected chi connectivity index (χ4v) is 2.30. The average molecular weight is 323 g/mol. The van der Waals surface area contributed by atoms with Gasteiger partial charge in [0.15, 0.2) is 0 Å². The molecule has 1 aromatic rings. The molecule has 0 spiro atoms. The molecule has 0 aliphatic rings. The third-order valence-corrected chi connectivity index (χ3v) is 3.21. The van der Waals surface area contributed by atoms with Crippen LogP contribution in [-0.4, -0.2) is 25.9 Å². The molecule has 23 heavy (non-hydrogen) atoms. The number of rotatable bonds is 6. The van der Waals surface area contributed by atoms with Gasteiger partial charge < -0.3 is 19.5 Å². The van der Waals surface area contributed by atoms with E-state index in [2.05, 4.69) is 19.2 Å². The van der Waals surface area contributed by atoms with Crippen LogP contribution < -0.4 is 14.8 Å².